The fourth-order valence-corrected chi connectivity index (χ4v) is 1.23. The van der Waals surface area contributed by atoms with Gasteiger partial charge in [0.1, 0.15) is 0 Å². The van der Waals surface area contributed by atoms with Crippen LogP contribution < -0.4 is 0 Å². The van der Waals surface area contributed by atoms with Crippen LogP contribution in [0.15, 0.2) is 0 Å². The molecule has 0 unspecified atom stereocenters. The van der Waals surface area contributed by atoms with E-state index in [9.17, 15) is 9.59 Å². The zero-order valence-electron chi connectivity index (χ0n) is 9.11. The van der Waals surface area contributed by atoms with Crippen molar-refractivity contribution in [3.05, 3.63) is 0 Å². The molecule has 0 spiro atoms. The first-order valence-electron chi connectivity index (χ1n) is 5.14. The van der Waals surface area contributed by atoms with Crippen molar-refractivity contribution in [2.75, 3.05) is 20.1 Å². The first kappa shape index (κ1) is 13.9. The van der Waals surface area contributed by atoms with Crippen LogP contribution in [0.4, 0.5) is 0 Å². The van der Waals surface area contributed by atoms with Gasteiger partial charge in [0.05, 0.1) is 6.42 Å². The quantitative estimate of drug-likeness (QED) is 0.564. The third-order valence-electron chi connectivity index (χ3n) is 2.14. The van der Waals surface area contributed by atoms with Crippen LogP contribution in [0, 0.1) is 0 Å². The number of nitrogens with zero attached hydrogens (tertiary/aromatic N) is 1. The highest BCUT2D eigenvalue weighted by Crippen LogP contribution is 2.01. The number of carbonyl (C=O) groups is 2. The maximum absolute atomic E-state index is 10.3. The number of carboxylic acids is 2. The SMILES string of the molecule is CN(CCCCCC(=O)O)CCC(=O)O. The molecule has 0 aromatic carbocycles. The fraction of sp³-hybridized carbons (Fsp3) is 0.800. The smallest absolute Gasteiger partial charge is 0.304 e. The number of aliphatic carboxylic acids is 2. The molecular weight excluding hydrogens is 198 g/mol. The van der Waals surface area contributed by atoms with Crippen molar-refractivity contribution >= 4 is 11.9 Å². The molecule has 0 atom stereocenters. The lowest BCUT2D eigenvalue weighted by Gasteiger charge is -2.14. The molecule has 0 saturated carbocycles. The maximum atomic E-state index is 10.3. The van der Waals surface area contributed by atoms with Gasteiger partial charge >= 0.3 is 11.9 Å². The monoisotopic (exact) mass is 217 g/mol. The summed E-state index contributed by atoms with van der Waals surface area (Å²) in [6, 6.07) is 0. The lowest BCUT2D eigenvalue weighted by Crippen LogP contribution is -2.22. The second-order valence-electron chi connectivity index (χ2n) is 3.65. The molecule has 0 amide bonds. The van der Waals surface area contributed by atoms with Gasteiger partial charge < -0.3 is 15.1 Å². The molecule has 0 aromatic rings. The number of carboxylic acid groups (broad SMARTS) is 2. The van der Waals surface area contributed by atoms with E-state index in [0.29, 0.717) is 13.0 Å². The van der Waals surface area contributed by atoms with Crippen molar-refractivity contribution in [3.63, 3.8) is 0 Å². The third kappa shape index (κ3) is 10.8. The van der Waals surface area contributed by atoms with E-state index in [4.69, 9.17) is 10.2 Å². The standard InChI is InChI=1S/C10H19NO4/c1-11(8-6-10(14)15)7-4-2-3-5-9(12)13/h2-8H2,1H3,(H,12,13)(H,14,15). The minimum absolute atomic E-state index is 0.158. The highest BCUT2D eigenvalue weighted by atomic mass is 16.4. The van der Waals surface area contributed by atoms with E-state index in [2.05, 4.69) is 0 Å². The van der Waals surface area contributed by atoms with Crippen LogP contribution in [0.5, 0.6) is 0 Å². The van der Waals surface area contributed by atoms with Crippen LogP contribution in [0.1, 0.15) is 32.1 Å². The molecular formula is C10H19NO4. The Bertz CT molecular complexity index is 206. The Morgan fingerprint density at radius 2 is 1.53 bits per heavy atom. The van der Waals surface area contributed by atoms with Crippen molar-refractivity contribution in [1.29, 1.82) is 0 Å². The molecule has 0 radical (unpaired) electrons. The molecule has 0 heterocycles. The van der Waals surface area contributed by atoms with Crippen LogP contribution in [-0.2, 0) is 9.59 Å². The number of hydrogen-bond donors (Lipinski definition) is 2. The number of hydrogen-bond acceptors (Lipinski definition) is 3. The van der Waals surface area contributed by atoms with Gasteiger partial charge in [-0.2, -0.15) is 0 Å². The van der Waals surface area contributed by atoms with E-state index in [-0.39, 0.29) is 12.8 Å². The zero-order valence-corrected chi connectivity index (χ0v) is 9.11. The Hall–Kier alpha value is -1.10. The lowest BCUT2D eigenvalue weighted by atomic mass is 10.2. The average Bonchev–Trinajstić information content (AvgIpc) is 2.13. The summed E-state index contributed by atoms with van der Waals surface area (Å²) in [5.74, 6) is -1.54. The Morgan fingerprint density at radius 3 is 2.07 bits per heavy atom. The van der Waals surface area contributed by atoms with Gasteiger partial charge in [-0.25, -0.2) is 0 Å². The first-order chi connectivity index (χ1) is 7.02. The predicted octanol–water partition coefficient (Wildman–Crippen LogP) is 1.04. The van der Waals surface area contributed by atoms with Gasteiger partial charge in [0.25, 0.3) is 0 Å². The van der Waals surface area contributed by atoms with E-state index in [1.165, 1.54) is 0 Å². The van der Waals surface area contributed by atoms with Crippen molar-refractivity contribution in [3.8, 4) is 0 Å². The molecule has 2 N–H and O–H groups in total. The zero-order chi connectivity index (χ0) is 11.7. The molecule has 0 bridgehead atoms. The topological polar surface area (TPSA) is 77.8 Å². The van der Waals surface area contributed by atoms with Crippen LogP contribution in [0.25, 0.3) is 0 Å². The molecule has 88 valence electrons. The lowest BCUT2D eigenvalue weighted by molar-refractivity contribution is -0.138. The maximum Gasteiger partial charge on any atom is 0.304 e. The summed E-state index contributed by atoms with van der Waals surface area (Å²) in [7, 11) is 1.88. The Morgan fingerprint density at radius 1 is 0.933 bits per heavy atom. The molecule has 0 aliphatic rings. The van der Waals surface area contributed by atoms with Crippen LogP contribution >= 0.6 is 0 Å². The highest BCUT2D eigenvalue weighted by molar-refractivity contribution is 5.67. The van der Waals surface area contributed by atoms with Crippen LogP contribution in [-0.4, -0.2) is 47.2 Å². The van der Waals surface area contributed by atoms with Crippen molar-refractivity contribution in [1.82, 2.24) is 4.90 Å². The van der Waals surface area contributed by atoms with Gasteiger partial charge in [0.15, 0.2) is 0 Å². The van der Waals surface area contributed by atoms with E-state index >= 15 is 0 Å². The van der Waals surface area contributed by atoms with Gasteiger partial charge in [-0.15, -0.1) is 0 Å². The largest absolute Gasteiger partial charge is 0.481 e. The van der Waals surface area contributed by atoms with Gasteiger partial charge in [-0.05, 0) is 26.4 Å². The predicted molar refractivity (Wildman–Crippen MR) is 55.9 cm³/mol. The molecule has 0 rings (SSSR count). The summed E-state index contributed by atoms with van der Waals surface area (Å²) in [5, 5.41) is 16.8. The molecule has 15 heavy (non-hydrogen) atoms. The van der Waals surface area contributed by atoms with Crippen molar-refractivity contribution < 1.29 is 19.8 Å². The highest BCUT2D eigenvalue weighted by Gasteiger charge is 2.02. The molecule has 0 saturated heterocycles. The van der Waals surface area contributed by atoms with E-state index < -0.39 is 11.9 Å². The molecule has 0 aliphatic heterocycles. The van der Waals surface area contributed by atoms with Gasteiger partial charge in [-0.1, -0.05) is 6.42 Å². The summed E-state index contributed by atoms with van der Waals surface area (Å²) in [4.78, 5) is 22.4. The van der Waals surface area contributed by atoms with Crippen LogP contribution in [0.3, 0.4) is 0 Å². The van der Waals surface area contributed by atoms with Crippen molar-refractivity contribution in [2.24, 2.45) is 0 Å². The summed E-state index contributed by atoms with van der Waals surface area (Å²) >= 11 is 0. The number of unbranched alkanes of at least 4 members (excludes halogenated alkanes) is 2. The minimum Gasteiger partial charge on any atom is -0.481 e. The molecule has 0 aromatic heterocycles. The summed E-state index contributed by atoms with van der Waals surface area (Å²) in [6.07, 6.45) is 2.87. The minimum atomic E-state index is -0.785. The van der Waals surface area contributed by atoms with Crippen LogP contribution in [0.2, 0.25) is 0 Å². The Labute approximate surface area is 89.7 Å². The number of rotatable bonds is 9. The first-order valence-corrected chi connectivity index (χ1v) is 5.14. The molecule has 5 nitrogen and oxygen atoms in total. The third-order valence-corrected chi connectivity index (χ3v) is 2.14. The second-order valence-corrected chi connectivity index (χ2v) is 3.65. The van der Waals surface area contributed by atoms with Gasteiger partial charge in [0.2, 0.25) is 0 Å². The molecule has 5 heteroatoms. The normalized spacial score (nSPS) is 10.5. The average molecular weight is 217 g/mol. The molecule has 0 fully saturated rings. The van der Waals surface area contributed by atoms with Gasteiger partial charge in [-0.3, -0.25) is 9.59 Å². The van der Waals surface area contributed by atoms with Gasteiger partial charge in [0, 0.05) is 13.0 Å². The van der Waals surface area contributed by atoms with E-state index in [0.717, 1.165) is 19.4 Å². The van der Waals surface area contributed by atoms with E-state index in [1.807, 2.05) is 11.9 Å². The van der Waals surface area contributed by atoms with E-state index in [1.54, 1.807) is 0 Å². The summed E-state index contributed by atoms with van der Waals surface area (Å²) in [6.45, 7) is 1.38. The van der Waals surface area contributed by atoms with Crippen molar-refractivity contribution in [2.45, 2.75) is 32.1 Å². The summed E-state index contributed by atoms with van der Waals surface area (Å²) < 4.78 is 0. The molecule has 0 aliphatic carbocycles. The Kier molecular flexibility index (Phi) is 7.62. The fourth-order valence-electron chi connectivity index (χ4n) is 1.23. The second kappa shape index (κ2) is 8.23. The summed E-state index contributed by atoms with van der Waals surface area (Å²) in [5.41, 5.74) is 0. The Balaban J connectivity index is 3.27.